The van der Waals surface area contributed by atoms with Crippen molar-refractivity contribution >= 4 is 11.7 Å². The zero-order valence-corrected chi connectivity index (χ0v) is 13.0. The summed E-state index contributed by atoms with van der Waals surface area (Å²) in [6.45, 7) is 3.65. The molecule has 0 spiro atoms. The molecule has 9 heteroatoms. The minimum Gasteiger partial charge on any atom is -1.00 e. The maximum absolute atomic E-state index is 12.5. The van der Waals surface area contributed by atoms with Crippen LogP contribution in [-0.2, 0) is 11.0 Å². The number of aliphatic carboxylic acids is 1. The predicted octanol–water partition coefficient (Wildman–Crippen LogP) is -0.796. The second kappa shape index (κ2) is 8.57. The first kappa shape index (κ1) is 19.8. The molecule has 0 atom stereocenters. The number of pyridine rings is 1. The molecule has 0 saturated carbocycles. The summed E-state index contributed by atoms with van der Waals surface area (Å²) in [4.78, 5) is 18.1. The Hall–Kier alpha value is -1.23. The van der Waals surface area contributed by atoms with Crippen molar-refractivity contribution < 1.29 is 43.4 Å². The van der Waals surface area contributed by atoms with Gasteiger partial charge in [0.15, 0.2) is 0 Å². The van der Waals surface area contributed by atoms with E-state index >= 15 is 0 Å². The molecule has 0 aromatic carbocycles. The molecule has 124 valence electrons. The summed E-state index contributed by atoms with van der Waals surface area (Å²) in [7, 11) is 0. The van der Waals surface area contributed by atoms with Gasteiger partial charge in [0.25, 0.3) is 0 Å². The molecule has 1 aromatic heterocycles. The summed E-state index contributed by atoms with van der Waals surface area (Å²) in [5.74, 6) is -0.797. The third-order valence-corrected chi connectivity index (χ3v) is 3.64. The molecule has 0 aliphatic carbocycles. The molecule has 1 aliphatic heterocycles. The van der Waals surface area contributed by atoms with E-state index in [0.29, 0.717) is 25.2 Å². The quantitative estimate of drug-likeness (QED) is 0.719. The van der Waals surface area contributed by atoms with Crippen molar-refractivity contribution in [2.45, 2.75) is 19.0 Å². The zero-order chi connectivity index (χ0) is 16.2. The standard InChI is InChI=1S/C14H18F3N3O2.Li.H/c15-14(16,17)12-4-3-11(10-18-12)20-8-6-19(7-9-20)5-1-2-13(21)22;;/h3-4,10H,1-2,5-9H2,(H,21,22);;/q;+1;-1. The molecule has 5 nitrogen and oxygen atoms in total. The van der Waals surface area contributed by atoms with E-state index in [1.165, 1.54) is 12.3 Å². The van der Waals surface area contributed by atoms with Crippen molar-refractivity contribution in [2.24, 2.45) is 0 Å². The minimum absolute atomic E-state index is 0. The van der Waals surface area contributed by atoms with E-state index in [0.717, 1.165) is 25.7 Å². The van der Waals surface area contributed by atoms with E-state index in [4.69, 9.17) is 5.11 Å². The Kier molecular flexibility index (Phi) is 7.38. The van der Waals surface area contributed by atoms with Gasteiger partial charge in [-0.15, -0.1) is 0 Å². The van der Waals surface area contributed by atoms with Crippen molar-refractivity contribution in [3.8, 4) is 0 Å². The average molecular weight is 325 g/mol. The van der Waals surface area contributed by atoms with Crippen LogP contribution in [0.5, 0.6) is 0 Å². The Bertz CT molecular complexity index is 509. The number of hydrogen-bond acceptors (Lipinski definition) is 4. The van der Waals surface area contributed by atoms with Gasteiger partial charge in [0.2, 0.25) is 0 Å². The van der Waals surface area contributed by atoms with Gasteiger partial charge in [0, 0.05) is 32.6 Å². The number of halogens is 3. The topological polar surface area (TPSA) is 56.7 Å². The predicted molar refractivity (Wildman–Crippen MR) is 75.9 cm³/mol. The fraction of sp³-hybridized carbons (Fsp3) is 0.571. The van der Waals surface area contributed by atoms with Crippen molar-refractivity contribution in [1.29, 1.82) is 0 Å². The summed E-state index contributed by atoms with van der Waals surface area (Å²) in [6, 6.07) is 2.43. The molecule has 0 unspecified atom stereocenters. The second-order valence-corrected chi connectivity index (χ2v) is 5.23. The summed E-state index contributed by atoms with van der Waals surface area (Å²) in [5, 5.41) is 8.60. The molecule has 2 rings (SSSR count). The van der Waals surface area contributed by atoms with Gasteiger partial charge in [0.05, 0.1) is 11.9 Å². The Morgan fingerprint density at radius 3 is 2.39 bits per heavy atom. The van der Waals surface area contributed by atoms with Crippen molar-refractivity contribution in [1.82, 2.24) is 9.88 Å². The van der Waals surface area contributed by atoms with E-state index in [-0.39, 0.29) is 26.7 Å². The number of alkyl halides is 3. The largest absolute Gasteiger partial charge is 1.00 e. The van der Waals surface area contributed by atoms with Crippen LogP contribution in [0.4, 0.5) is 18.9 Å². The molecule has 0 bridgehead atoms. The third kappa shape index (κ3) is 6.05. The van der Waals surface area contributed by atoms with Crippen LogP contribution in [0.1, 0.15) is 20.0 Å². The molecular weight excluding hydrogens is 306 g/mol. The number of piperazine rings is 1. The van der Waals surface area contributed by atoms with Crippen LogP contribution in [0.2, 0.25) is 0 Å². The SMILES string of the molecule is O=C(O)CCCN1CCN(c2ccc(C(F)(F)F)nc2)CC1.[H-].[Li+]. The molecule has 1 saturated heterocycles. The van der Waals surface area contributed by atoms with Crippen LogP contribution in [0.3, 0.4) is 0 Å². The van der Waals surface area contributed by atoms with E-state index < -0.39 is 17.8 Å². The number of rotatable bonds is 5. The van der Waals surface area contributed by atoms with Crippen LogP contribution >= 0.6 is 0 Å². The van der Waals surface area contributed by atoms with Gasteiger partial charge in [-0.05, 0) is 25.1 Å². The number of carboxylic acids is 1. The molecule has 0 radical (unpaired) electrons. The van der Waals surface area contributed by atoms with Gasteiger partial charge in [-0.1, -0.05) is 0 Å². The van der Waals surface area contributed by atoms with Gasteiger partial charge >= 0.3 is 31.0 Å². The van der Waals surface area contributed by atoms with Gasteiger partial charge in [-0.3, -0.25) is 9.69 Å². The first-order valence-corrected chi connectivity index (χ1v) is 7.08. The van der Waals surface area contributed by atoms with Crippen LogP contribution in [-0.4, -0.2) is 53.7 Å². The van der Waals surface area contributed by atoms with Crippen LogP contribution in [0.25, 0.3) is 0 Å². The second-order valence-electron chi connectivity index (χ2n) is 5.23. The molecule has 1 aliphatic rings. The Balaban J connectivity index is 0.00000264. The number of nitrogens with zero attached hydrogens (tertiary/aromatic N) is 3. The van der Waals surface area contributed by atoms with Crippen LogP contribution in [0.15, 0.2) is 18.3 Å². The fourth-order valence-corrected chi connectivity index (χ4v) is 2.42. The number of carboxylic acid groups (broad SMARTS) is 1. The Morgan fingerprint density at radius 1 is 1.26 bits per heavy atom. The average Bonchev–Trinajstić information content (AvgIpc) is 2.47. The van der Waals surface area contributed by atoms with Gasteiger partial charge in [-0.2, -0.15) is 13.2 Å². The number of carbonyl (C=O) groups is 1. The molecule has 1 fully saturated rings. The molecule has 2 heterocycles. The summed E-state index contributed by atoms with van der Waals surface area (Å²) < 4.78 is 37.4. The van der Waals surface area contributed by atoms with Crippen LogP contribution < -0.4 is 23.8 Å². The number of anilines is 1. The van der Waals surface area contributed by atoms with Gasteiger partial charge in [0.1, 0.15) is 5.69 Å². The number of aromatic nitrogens is 1. The zero-order valence-electron chi connectivity index (χ0n) is 14.0. The summed E-state index contributed by atoms with van der Waals surface area (Å²) in [6.07, 6.45) is -2.40. The smallest absolute Gasteiger partial charge is 1.00 e. The van der Waals surface area contributed by atoms with Gasteiger partial charge < -0.3 is 11.4 Å². The summed E-state index contributed by atoms with van der Waals surface area (Å²) >= 11 is 0. The van der Waals surface area contributed by atoms with Crippen molar-refractivity contribution in [2.75, 3.05) is 37.6 Å². The van der Waals surface area contributed by atoms with E-state index in [1.54, 1.807) is 0 Å². The number of hydrogen-bond donors (Lipinski definition) is 1. The van der Waals surface area contributed by atoms with E-state index in [2.05, 4.69) is 9.88 Å². The Labute approximate surface area is 146 Å². The monoisotopic (exact) mass is 325 g/mol. The molecule has 1 N–H and O–H groups in total. The molecular formula is C14H19F3LiN3O2. The van der Waals surface area contributed by atoms with Crippen molar-refractivity contribution in [3.63, 3.8) is 0 Å². The van der Waals surface area contributed by atoms with Gasteiger partial charge in [-0.25, -0.2) is 4.98 Å². The maximum atomic E-state index is 12.5. The van der Waals surface area contributed by atoms with E-state index in [9.17, 15) is 18.0 Å². The Morgan fingerprint density at radius 2 is 1.91 bits per heavy atom. The molecule has 23 heavy (non-hydrogen) atoms. The molecule has 0 amide bonds. The third-order valence-electron chi connectivity index (χ3n) is 3.64. The minimum atomic E-state index is -4.42. The van der Waals surface area contributed by atoms with E-state index in [1.807, 2.05) is 4.90 Å². The van der Waals surface area contributed by atoms with Crippen molar-refractivity contribution in [3.05, 3.63) is 24.0 Å². The summed E-state index contributed by atoms with van der Waals surface area (Å²) in [5.41, 5.74) is -0.207. The normalized spacial score (nSPS) is 16.0. The fourth-order valence-electron chi connectivity index (χ4n) is 2.42. The van der Waals surface area contributed by atoms with Crippen LogP contribution in [0, 0.1) is 0 Å². The first-order chi connectivity index (χ1) is 10.4. The first-order valence-electron chi connectivity index (χ1n) is 7.08. The maximum Gasteiger partial charge on any atom is 1.00 e. The molecule has 1 aromatic rings.